The Hall–Kier alpha value is -4.95. The number of para-hydroxylation sites is 1. The topological polar surface area (TPSA) is 80.1 Å². The Morgan fingerprint density at radius 1 is 0.907 bits per heavy atom. The third-order valence-electron chi connectivity index (χ3n) is 8.23. The number of anilines is 1. The van der Waals surface area contributed by atoms with Crippen molar-refractivity contribution in [2.24, 2.45) is 0 Å². The molecule has 7 rings (SSSR count). The van der Waals surface area contributed by atoms with Crippen molar-refractivity contribution in [2.45, 2.75) is 18.5 Å². The summed E-state index contributed by atoms with van der Waals surface area (Å²) in [4.78, 5) is 46.3. The van der Waals surface area contributed by atoms with Crippen LogP contribution in [-0.4, -0.2) is 30.4 Å². The lowest BCUT2D eigenvalue weighted by atomic mass is 9.83. The zero-order valence-electron chi connectivity index (χ0n) is 23.0. The molecule has 0 bridgehead atoms. The van der Waals surface area contributed by atoms with E-state index in [1.54, 1.807) is 48.4 Å². The summed E-state index contributed by atoms with van der Waals surface area (Å²) >= 11 is 6.10. The molecule has 2 amide bonds. The molecule has 2 aliphatic rings. The van der Waals surface area contributed by atoms with Crippen LogP contribution in [0.15, 0.2) is 100 Å². The second-order valence-electron chi connectivity index (χ2n) is 10.6. The zero-order chi connectivity index (χ0) is 29.9. The number of carbonyl (C=O) groups is 2. The van der Waals surface area contributed by atoms with Crippen LogP contribution in [0, 0.1) is 5.82 Å². The number of methoxy groups -OCH3 is 1. The second kappa shape index (κ2) is 10.1. The van der Waals surface area contributed by atoms with Crippen molar-refractivity contribution in [1.29, 1.82) is 0 Å². The van der Waals surface area contributed by atoms with Crippen molar-refractivity contribution in [2.75, 3.05) is 18.6 Å². The number of nitrogens with zero attached hydrogens (tertiary/aromatic N) is 2. The van der Waals surface area contributed by atoms with Crippen molar-refractivity contribution < 1.29 is 23.1 Å². The molecule has 2 aliphatic heterocycles. The van der Waals surface area contributed by atoms with Gasteiger partial charge in [0, 0.05) is 17.1 Å². The summed E-state index contributed by atoms with van der Waals surface area (Å²) in [6.45, 7) is 0.284. The SMILES string of the molecule is COc1ccc(CCN2C(=O)c3oc4ccc(F)cc4c(=O)c3C23C(=O)N(Cc2ccc(Cl)cc2)c2ccccc23)cc1. The number of halogens is 2. The molecule has 0 fully saturated rings. The van der Waals surface area contributed by atoms with Crippen LogP contribution in [0.3, 0.4) is 0 Å². The van der Waals surface area contributed by atoms with Gasteiger partial charge in [-0.1, -0.05) is 54.1 Å². The molecule has 1 atom stereocenters. The molecule has 0 saturated heterocycles. The highest BCUT2D eigenvalue weighted by Crippen LogP contribution is 2.53. The van der Waals surface area contributed by atoms with E-state index in [0.29, 0.717) is 28.4 Å². The molecule has 0 radical (unpaired) electrons. The smallest absolute Gasteiger partial charge is 0.291 e. The summed E-state index contributed by atoms with van der Waals surface area (Å²) in [7, 11) is 1.58. The Labute approximate surface area is 250 Å². The highest BCUT2D eigenvalue weighted by atomic mass is 35.5. The molecule has 43 heavy (non-hydrogen) atoms. The minimum atomic E-state index is -1.80. The van der Waals surface area contributed by atoms with Gasteiger partial charge in [-0.15, -0.1) is 0 Å². The van der Waals surface area contributed by atoms with Crippen LogP contribution in [0.1, 0.15) is 32.8 Å². The van der Waals surface area contributed by atoms with Crippen LogP contribution in [-0.2, 0) is 23.3 Å². The average Bonchev–Trinajstić information content (AvgIpc) is 3.41. The lowest BCUT2D eigenvalue weighted by Gasteiger charge is -2.34. The van der Waals surface area contributed by atoms with E-state index in [4.69, 9.17) is 20.8 Å². The van der Waals surface area contributed by atoms with Gasteiger partial charge in [0.1, 0.15) is 17.1 Å². The third-order valence-corrected chi connectivity index (χ3v) is 8.49. The molecule has 4 aromatic carbocycles. The van der Waals surface area contributed by atoms with E-state index in [9.17, 15) is 18.8 Å². The molecule has 7 nitrogen and oxygen atoms in total. The van der Waals surface area contributed by atoms with Gasteiger partial charge in [0.2, 0.25) is 5.76 Å². The summed E-state index contributed by atoms with van der Waals surface area (Å²) in [6.07, 6.45) is 0.389. The van der Waals surface area contributed by atoms with Crippen LogP contribution in [0.2, 0.25) is 5.02 Å². The van der Waals surface area contributed by atoms with Gasteiger partial charge in [-0.25, -0.2) is 4.39 Å². The lowest BCUT2D eigenvalue weighted by molar-refractivity contribution is -0.126. The van der Waals surface area contributed by atoms with E-state index in [-0.39, 0.29) is 35.4 Å². The molecule has 9 heteroatoms. The van der Waals surface area contributed by atoms with Crippen molar-refractivity contribution in [3.05, 3.63) is 140 Å². The maximum atomic E-state index is 14.9. The summed E-state index contributed by atoms with van der Waals surface area (Å²) in [5, 5.41) is 0.523. The Bertz CT molecular complexity index is 1990. The first-order valence-electron chi connectivity index (χ1n) is 13.7. The van der Waals surface area contributed by atoms with Crippen molar-refractivity contribution in [3.63, 3.8) is 0 Å². The zero-order valence-corrected chi connectivity index (χ0v) is 23.7. The highest BCUT2D eigenvalue weighted by molar-refractivity contribution is 6.30. The normalized spacial score (nSPS) is 17.2. The van der Waals surface area contributed by atoms with Crippen molar-refractivity contribution in [3.8, 4) is 5.75 Å². The van der Waals surface area contributed by atoms with E-state index in [0.717, 1.165) is 23.3 Å². The Kier molecular flexibility index (Phi) is 6.32. The molecule has 0 aliphatic carbocycles. The molecule has 214 valence electrons. The van der Waals surface area contributed by atoms with Gasteiger partial charge in [0.25, 0.3) is 11.8 Å². The molecule has 0 N–H and O–H groups in total. The number of carbonyl (C=O) groups excluding carboxylic acids is 2. The van der Waals surface area contributed by atoms with Gasteiger partial charge in [-0.05, 0) is 66.1 Å². The summed E-state index contributed by atoms with van der Waals surface area (Å²) in [5.41, 5.74) is 0.323. The number of benzene rings is 4. The molecule has 1 aromatic heterocycles. The number of rotatable bonds is 6. The summed E-state index contributed by atoms with van der Waals surface area (Å²) < 4.78 is 25.6. The van der Waals surface area contributed by atoms with Gasteiger partial charge in [0.15, 0.2) is 11.0 Å². The van der Waals surface area contributed by atoms with Gasteiger partial charge >= 0.3 is 0 Å². The summed E-state index contributed by atoms with van der Waals surface area (Å²) in [5.74, 6) is -1.19. The lowest BCUT2D eigenvalue weighted by Crippen LogP contribution is -2.53. The Morgan fingerprint density at radius 2 is 1.63 bits per heavy atom. The molecule has 1 unspecified atom stereocenters. The van der Waals surface area contributed by atoms with E-state index < -0.39 is 28.6 Å². The van der Waals surface area contributed by atoms with Crippen LogP contribution in [0.25, 0.3) is 11.0 Å². The number of fused-ring (bicyclic) bond motifs is 5. The molecule has 3 heterocycles. The fraction of sp³-hybridized carbons (Fsp3) is 0.147. The number of hydrogen-bond donors (Lipinski definition) is 0. The first-order valence-corrected chi connectivity index (χ1v) is 14.1. The first-order chi connectivity index (χ1) is 20.8. The Morgan fingerprint density at radius 3 is 2.37 bits per heavy atom. The first kappa shape index (κ1) is 26.9. The van der Waals surface area contributed by atoms with Gasteiger partial charge in [-0.3, -0.25) is 14.4 Å². The van der Waals surface area contributed by atoms with E-state index in [1.807, 2.05) is 36.4 Å². The average molecular weight is 595 g/mol. The van der Waals surface area contributed by atoms with E-state index in [1.165, 1.54) is 11.0 Å². The largest absolute Gasteiger partial charge is 0.497 e. The van der Waals surface area contributed by atoms with E-state index >= 15 is 0 Å². The maximum absolute atomic E-state index is 14.9. The molecule has 0 saturated carbocycles. The Balaban J connectivity index is 1.43. The summed E-state index contributed by atoms with van der Waals surface area (Å²) in [6, 6.07) is 25.2. The number of amides is 2. The second-order valence-corrected chi connectivity index (χ2v) is 11.0. The van der Waals surface area contributed by atoms with Crippen LogP contribution in [0.5, 0.6) is 5.75 Å². The fourth-order valence-corrected chi connectivity index (χ4v) is 6.35. The van der Waals surface area contributed by atoms with E-state index in [2.05, 4.69) is 0 Å². The van der Waals surface area contributed by atoms with Gasteiger partial charge in [0.05, 0.1) is 30.3 Å². The minimum Gasteiger partial charge on any atom is -0.497 e. The number of hydrogen-bond acceptors (Lipinski definition) is 5. The van der Waals surface area contributed by atoms with Crippen LogP contribution >= 0.6 is 11.6 Å². The predicted molar refractivity (Wildman–Crippen MR) is 160 cm³/mol. The van der Waals surface area contributed by atoms with Gasteiger partial charge < -0.3 is 19.0 Å². The maximum Gasteiger partial charge on any atom is 0.291 e. The minimum absolute atomic E-state index is 0.0376. The van der Waals surface area contributed by atoms with Crippen LogP contribution in [0.4, 0.5) is 10.1 Å². The third kappa shape index (κ3) is 4.05. The van der Waals surface area contributed by atoms with Crippen LogP contribution < -0.4 is 15.1 Å². The number of ether oxygens (including phenoxy) is 1. The quantitative estimate of drug-likeness (QED) is 0.238. The molecular formula is C34H24ClFN2O5. The molecule has 1 spiro atoms. The van der Waals surface area contributed by atoms with Gasteiger partial charge in [-0.2, -0.15) is 0 Å². The molecular weight excluding hydrogens is 571 g/mol. The van der Waals surface area contributed by atoms with Crippen molar-refractivity contribution in [1.82, 2.24) is 4.90 Å². The monoisotopic (exact) mass is 594 g/mol. The standard InChI is InChI=1S/C34H24ClFN2O5/c1-42-24-13-8-20(9-14-24)16-17-38-32(40)31-29(30(39)25-18-23(36)12-15-28(25)43-31)34(38)26-4-2-3-5-27(26)37(33(34)41)19-21-6-10-22(35)11-7-21/h2-15,18H,16-17,19H2,1H3. The highest BCUT2D eigenvalue weighted by Gasteiger charge is 2.64. The predicted octanol–water partition coefficient (Wildman–Crippen LogP) is 6.08. The fourth-order valence-electron chi connectivity index (χ4n) is 6.23. The molecule has 5 aromatic rings. The van der Waals surface area contributed by atoms with Crippen molar-refractivity contribution >= 4 is 40.1 Å².